The molecule has 0 saturated heterocycles. The van der Waals surface area contributed by atoms with Gasteiger partial charge in [-0.05, 0) is 30.5 Å². The maximum Gasteiger partial charge on any atom is 0.406 e. The molecule has 3 nitrogen and oxygen atoms in total. The molecule has 0 aliphatic heterocycles. The van der Waals surface area contributed by atoms with Crippen LogP contribution in [0.1, 0.15) is 18.4 Å². The predicted octanol–water partition coefficient (Wildman–Crippen LogP) is 2.77. The molecule has 1 aliphatic carbocycles. The first-order valence-corrected chi connectivity index (χ1v) is 5.87. The molecule has 0 spiro atoms. The van der Waals surface area contributed by atoms with Crippen molar-refractivity contribution in [3.63, 3.8) is 0 Å². The average Bonchev–Trinajstić information content (AvgIpc) is 3.16. The molecule has 1 saturated carbocycles. The number of hydrogen-bond acceptors (Lipinski definition) is 3. The highest BCUT2D eigenvalue weighted by Crippen LogP contribution is 2.49. The summed E-state index contributed by atoms with van der Waals surface area (Å²) >= 11 is 0. The Kier molecular flexibility index (Phi) is 3.67. The predicted molar refractivity (Wildman–Crippen MR) is 62.4 cm³/mol. The highest BCUT2D eigenvalue weighted by molar-refractivity contribution is 5.27. The Bertz CT molecular complexity index is 472. The van der Waals surface area contributed by atoms with E-state index in [1.54, 1.807) is 24.3 Å². The summed E-state index contributed by atoms with van der Waals surface area (Å²) in [6.07, 6.45) is -3.91. The topological polar surface area (TPSA) is 45.0 Å². The quantitative estimate of drug-likeness (QED) is 0.894. The number of ether oxygens (including phenoxy) is 1. The van der Waals surface area contributed by atoms with Crippen LogP contribution in [0.15, 0.2) is 24.3 Å². The first-order chi connectivity index (χ1) is 8.97. The molecule has 1 N–H and O–H groups in total. The van der Waals surface area contributed by atoms with Crippen LogP contribution < -0.4 is 10.1 Å². The van der Waals surface area contributed by atoms with Crippen molar-refractivity contribution in [2.75, 3.05) is 6.61 Å². The maximum atomic E-state index is 12.7. The van der Waals surface area contributed by atoms with Gasteiger partial charge in [-0.1, -0.05) is 12.1 Å². The van der Waals surface area contributed by atoms with Gasteiger partial charge in [-0.2, -0.15) is 18.4 Å². The second-order valence-corrected chi connectivity index (χ2v) is 4.52. The van der Waals surface area contributed by atoms with Crippen molar-refractivity contribution in [2.45, 2.75) is 31.1 Å². The lowest BCUT2D eigenvalue weighted by Gasteiger charge is -2.20. The highest BCUT2D eigenvalue weighted by atomic mass is 19.4. The average molecular weight is 270 g/mol. The fourth-order valence-corrected chi connectivity index (χ4v) is 1.78. The minimum Gasteiger partial charge on any atom is -0.479 e. The normalized spacial score (nSPS) is 16.7. The summed E-state index contributed by atoms with van der Waals surface area (Å²) in [5, 5.41) is 10.9. The summed E-state index contributed by atoms with van der Waals surface area (Å²) < 4.78 is 43.1. The van der Waals surface area contributed by atoms with Gasteiger partial charge in [-0.25, -0.2) is 0 Å². The lowest BCUT2D eigenvalue weighted by Crippen LogP contribution is -2.44. The zero-order chi connectivity index (χ0) is 13.9. The Hall–Kier alpha value is -1.74. The van der Waals surface area contributed by atoms with Crippen LogP contribution in [0.25, 0.3) is 0 Å². The monoisotopic (exact) mass is 270 g/mol. The Labute approximate surface area is 109 Å². The molecular formula is C13H13F3N2O. The third kappa shape index (κ3) is 3.18. The smallest absolute Gasteiger partial charge is 0.406 e. The van der Waals surface area contributed by atoms with Gasteiger partial charge in [0.1, 0.15) is 17.4 Å². The molecule has 19 heavy (non-hydrogen) atoms. The SMILES string of the molecule is N#CCOc1ccc(CNC2(C(F)(F)F)CC2)cc1. The van der Waals surface area contributed by atoms with Gasteiger partial charge in [0, 0.05) is 6.54 Å². The number of nitriles is 1. The minimum atomic E-state index is -4.19. The molecule has 0 aromatic heterocycles. The van der Waals surface area contributed by atoms with Crippen molar-refractivity contribution in [2.24, 2.45) is 0 Å². The van der Waals surface area contributed by atoms with Crippen molar-refractivity contribution < 1.29 is 17.9 Å². The fraction of sp³-hybridized carbons (Fsp3) is 0.462. The van der Waals surface area contributed by atoms with Gasteiger partial charge in [0.15, 0.2) is 6.61 Å². The highest BCUT2D eigenvalue weighted by Gasteiger charge is 2.62. The second-order valence-electron chi connectivity index (χ2n) is 4.52. The largest absolute Gasteiger partial charge is 0.479 e. The Morgan fingerprint density at radius 1 is 1.26 bits per heavy atom. The molecule has 1 aromatic rings. The lowest BCUT2D eigenvalue weighted by molar-refractivity contribution is -0.166. The summed E-state index contributed by atoms with van der Waals surface area (Å²) in [5.74, 6) is 0.530. The van der Waals surface area contributed by atoms with Gasteiger partial charge in [0.05, 0.1) is 0 Å². The molecule has 0 unspecified atom stereocenters. The second kappa shape index (κ2) is 5.10. The molecule has 0 atom stereocenters. The number of nitrogens with one attached hydrogen (secondary N) is 1. The Morgan fingerprint density at radius 2 is 1.89 bits per heavy atom. The zero-order valence-corrected chi connectivity index (χ0v) is 10.1. The van der Waals surface area contributed by atoms with Crippen LogP contribution in [0.5, 0.6) is 5.75 Å². The minimum absolute atomic E-state index is 0.0468. The molecular weight excluding hydrogens is 257 g/mol. The van der Waals surface area contributed by atoms with Crippen LogP contribution in [0, 0.1) is 11.3 Å². The van der Waals surface area contributed by atoms with E-state index in [2.05, 4.69) is 5.32 Å². The van der Waals surface area contributed by atoms with E-state index >= 15 is 0 Å². The van der Waals surface area contributed by atoms with E-state index in [0.717, 1.165) is 5.56 Å². The Morgan fingerprint density at radius 3 is 2.37 bits per heavy atom. The lowest BCUT2D eigenvalue weighted by atomic mass is 10.2. The molecule has 0 radical (unpaired) electrons. The van der Waals surface area contributed by atoms with Crippen LogP contribution in [0.3, 0.4) is 0 Å². The Balaban J connectivity index is 1.89. The van der Waals surface area contributed by atoms with E-state index in [1.807, 2.05) is 6.07 Å². The third-order valence-corrected chi connectivity index (χ3v) is 3.15. The molecule has 0 bridgehead atoms. The van der Waals surface area contributed by atoms with Gasteiger partial charge in [-0.15, -0.1) is 0 Å². The number of halogens is 3. The number of alkyl halides is 3. The van der Waals surface area contributed by atoms with Crippen molar-refractivity contribution in [3.8, 4) is 11.8 Å². The van der Waals surface area contributed by atoms with Gasteiger partial charge < -0.3 is 4.74 Å². The number of hydrogen-bond donors (Lipinski definition) is 1. The first kappa shape index (κ1) is 13.7. The van der Waals surface area contributed by atoms with E-state index in [-0.39, 0.29) is 26.0 Å². The van der Waals surface area contributed by atoms with Gasteiger partial charge in [0.2, 0.25) is 0 Å². The van der Waals surface area contributed by atoms with E-state index in [4.69, 9.17) is 10.00 Å². The number of rotatable bonds is 5. The zero-order valence-electron chi connectivity index (χ0n) is 10.1. The van der Waals surface area contributed by atoms with Crippen LogP contribution in [-0.2, 0) is 6.54 Å². The van der Waals surface area contributed by atoms with E-state index in [0.29, 0.717) is 5.75 Å². The summed E-state index contributed by atoms with van der Waals surface area (Å²) in [6.45, 7) is 0.118. The standard InChI is InChI=1S/C13H13F3N2O/c14-13(15,16)12(5-6-12)18-9-10-1-3-11(4-2-10)19-8-7-17/h1-4,18H,5-6,8-9H2. The van der Waals surface area contributed by atoms with E-state index in [1.165, 1.54) is 0 Å². The molecule has 2 rings (SSSR count). The van der Waals surface area contributed by atoms with Crippen LogP contribution in [-0.4, -0.2) is 18.3 Å². The molecule has 6 heteroatoms. The van der Waals surface area contributed by atoms with Crippen molar-refractivity contribution in [1.82, 2.24) is 5.32 Å². The third-order valence-electron chi connectivity index (χ3n) is 3.15. The van der Waals surface area contributed by atoms with Crippen molar-refractivity contribution in [3.05, 3.63) is 29.8 Å². The molecule has 0 heterocycles. The maximum absolute atomic E-state index is 12.7. The molecule has 0 amide bonds. The van der Waals surface area contributed by atoms with Crippen LogP contribution >= 0.6 is 0 Å². The summed E-state index contributed by atoms with van der Waals surface area (Å²) in [7, 11) is 0. The molecule has 1 fully saturated rings. The fourth-order valence-electron chi connectivity index (χ4n) is 1.78. The van der Waals surface area contributed by atoms with Gasteiger partial charge >= 0.3 is 6.18 Å². The van der Waals surface area contributed by atoms with Crippen LogP contribution in [0.4, 0.5) is 13.2 Å². The number of benzene rings is 1. The number of nitrogens with zero attached hydrogens (tertiary/aromatic N) is 1. The van der Waals surface area contributed by atoms with Crippen LogP contribution in [0.2, 0.25) is 0 Å². The van der Waals surface area contributed by atoms with E-state index in [9.17, 15) is 13.2 Å². The summed E-state index contributed by atoms with van der Waals surface area (Å²) in [6, 6.07) is 8.50. The van der Waals surface area contributed by atoms with E-state index < -0.39 is 11.7 Å². The molecule has 1 aliphatic rings. The summed E-state index contributed by atoms with van der Waals surface area (Å²) in [4.78, 5) is 0. The van der Waals surface area contributed by atoms with Crippen molar-refractivity contribution >= 4 is 0 Å². The van der Waals surface area contributed by atoms with Crippen molar-refractivity contribution in [1.29, 1.82) is 5.26 Å². The first-order valence-electron chi connectivity index (χ1n) is 5.87. The molecule has 1 aromatic carbocycles. The van der Waals surface area contributed by atoms with Gasteiger partial charge in [0.25, 0.3) is 0 Å². The van der Waals surface area contributed by atoms with Gasteiger partial charge in [-0.3, -0.25) is 5.32 Å². The summed E-state index contributed by atoms with van der Waals surface area (Å²) in [5.41, 5.74) is -0.942. The molecule has 102 valence electrons.